The van der Waals surface area contributed by atoms with E-state index in [0.717, 1.165) is 0 Å². The summed E-state index contributed by atoms with van der Waals surface area (Å²) in [6.45, 7) is 0.647. The van der Waals surface area contributed by atoms with Crippen molar-refractivity contribution in [3.05, 3.63) is 114 Å². The topological polar surface area (TPSA) is 71.8 Å². The van der Waals surface area contributed by atoms with Crippen LogP contribution in [-0.2, 0) is 0 Å². The Morgan fingerprint density at radius 1 is 0.882 bits per heavy atom. The maximum Gasteiger partial charge on any atom is 0.293 e. The van der Waals surface area contributed by atoms with Gasteiger partial charge in [0.1, 0.15) is 17.3 Å². The van der Waals surface area contributed by atoms with Gasteiger partial charge in [0.2, 0.25) is 0 Å². The predicted octanol–water partition coefficient (Wildman–Crippen LogP) is 5.68. The van der Waals surface area contributed by atoms with Crippen molar-refractivity contribution >= 4 is 17.5 Å². The zero-order valence-corrected chi connectivity index (χ0v) is 18.3. The number of nitrogens with one attached hydrogen (secondary N) is 1. The van der Waals surface area contributed by atoms with Gasteiger partial charge in [-0.15, -0.1) is 0 Å². The standard InChI is InChI=1S/C27H23FN2O4/c28-21-8-4-7-20(19-21)26(31)29-16-6-17-30(27(32)25-11-5-18-33-25)22-12-14-24(15-13-22)34-23-9-2-1-3-10-23/h1-5,7-15,18-19H,6,16-17H2,(H,29,31). The first-order chi connectivity index (χ1) is 16.6. The fourth-order valence-corrected chi connectivity index (χ4v) is 3.37. The van der Waals surface area contributed by atoms with E-state index in [1.54, 1.807) is 47.4 Å². The summed E-state index contributed by atoms with van der Waals surface area (Å²) in [6, 6.07) is 25.3. The van der Waals surface area contributed by atoms with Crippen molar-refractivity contribution in [1.82, 2.24) is 5.32 Å². The Kier molecular flexibility index (Phi) is 7.35. The summed E-state index contributed by atoms with van der Waals surface area (Å²) in [5.74, 6) is 0.440. The van der Waals surface area contributed by atoms with Crippen molar-refractivity contribution in [3.63, 3.8) is 0 Å². The molecule has 7 heteroatoms. The molecule has 0 aliphatic heterocycles. The van der Waals surface area contributed by atoms with E-state index in [2.05, 4.69) is 5.32 Å². The number of anilines is 1. The number of halogens is 1. The number of benzene rings is 3. The molecule has 0 fully saturated rings. The number of carbonyl (C=O) groups excluding carboxylic acids is 2. The third kappa shape index (κ3) is 5.89. The molecule has 34 heavy (non-hydrogen) atoms. The Bertz CT molecular complexity index is 1230. The van der Waals surface area contributed by atoms with Crippen LogP contribution in [0.3, 0.4) is 0 Å². The van der Waals surface area contributed by atoms with Gasteiger partial charge >= 0.3 is 0 Å². The minimum absolute atomic E-state index is 0.216. The van der Waals surface area contributed by atoms with Crippen LogP contribution in [-0.4, -0.2) is 24.9 Å². The third-order valence-electron chi connectivity index (χ3n) is 5.04. The molecule has 4 rings (SSSR count). The van der Waals surface area contributed by atoms with Crippen LogP contribution in [0.5, 0.6) is 11.5 Å². The largest absolute Gasteiger partial charge is 0.459 e. The van der Waals surface area contributed by atoms with Crippen molar-refractivity contribution in [3.8, 4) is 11.5 Å². The second-order valence-corrected chi connectivity index (χ2v) is 7.46. The van der Waals surface area contributed by atoms with E-state index in [1.165, 1.54) is 24.5 Å². The van der Waals surface area contributed by atoms with Crippen LogP contribution >= 0.6 is 0 Å². The van der Waals surface area contributed by atoms with E-state index in [1.807, 2.05) is 30.3 Å². The summed E-state index contributed by atoms with van der Waals surface area (Å²) in [7, 11) is 0. The summed E-state index contributed by atoms with van der Waals surface area (Å²) in [5.41, 5.74) is 0.913. The average Bonchev–Trinajstić information content (AvgIpc) is 3.40. The number of carbonyl (C=O) groups is 2. The fourth-order valence-electron chi connectivity index (χ4n) is 3.37. The molecule has 0 saturated heterocycles. The van der Waals surface area contributed by atoms with Crippen LogP contribution in [0.2, 0.25) is 0 Å². The lowest BCUT2D eigenvalue weighted by molar-refractivity contribution is 0.0953. The molecule has 0 unspecified atom stereocenters. The molecule has 0 radical (unpaired) electrons. The SMILES string of the molecule is O=C(NCCCN(C(=O)c1ccco1)c1ccc(Oc2ccccc2)cc1)c1cccc(F)c1. The molecule has 0 bridgehead atoms. The summed E-state index contributed by atoms with van der Waals surface area (Å²) < 4.78 is 24.5. The summed E-state index contributed by atoms with van der Waals surface area (Å²) >= 11 is 0. The molecule has 3 aromatic carbocycles. The lowest BCUT2D eigenvalue weighted by atomic mass is 10.2. The minimum Gasteiger partial charge on any atom is -0.459 e. The lowest BCUT2D eigenvalue weighted by Crippen LogP contribution is -2.34. The van der Waals surface area contributed by atoms with E-state index in [0.29, 0.717) is 36.7 Å². The first-order valence-electron chi connectivity index (χ1n) is 10.8. The van der Waals surface area contributed by atoms with Crippen LogP contribution in [0.4, 0.5) is 10.1 Å². The molecule has 4 aromatic rings. The summed E-state index contributed by atoms with van der Waals surface area (Å²) in [4.78, 5) is 26.9. The van der Waals surface area contributed by atoms with Crippen molar-refractivity contribution in [2.45, 2.75) is 6.42 Å². The van der Waals surface area contributed by atoms with Crippen LogP contribution in [0.1, 0.15) is 27.3 Å². The van der Waals surface area contributed by atoms with Gasteiger partial charge in [0.05, 0.1) is 6.26 Å². The van der Waals surface area contributed by atoms with Gasteiger partial charge in [-0.25, -0.2) is 4.39 Å². The quantitative estimate of drug-likeness (QED) is 0.328. The molecular formula is C27H23FN2O4. The fraction of sp³-hybridized carbons (Fsp3) is 0.111. The predicted molar refractivity (Wildman–Crippen MR) is 127 cm³/mol. The van der Waals surface area contributed by atoms with Gasteiger partial charge in [-0.05, 0) is 73.2 Å². The molecule has 1 N–H and O–H groups in total. The Hall–Kier alpha value is -4.39. The third-order valence-corrected chi connectivity index (χ3v) is 5.04. The van der Waals surface area contributed by atoms with E-state index in [4.69, 9.17) is 9.15 Å². The molecule has 172 valence electrons. The monoisotopic (exact) mass is 458 g/mol. The van der Waals surface area contributed by atoms with Gasteiger partial charge in [-0.1, -0.05) is 24.3 Å². The smallest absolute Gasteiger partial charge is 0.293 e. The molecule has 0 saturated carbocycles. The Morgan fingerprint density at radius 2 is 1.65 bits per heavy atom. The Morgan fingerprint density at radius 3 is 2.35 bits per heavy atom. The van der Waals surface area contributed by atoms with Crippen LogP contribution in [0, 0.1) is 5.82 Å². The molecule has 2 amide bonds. The normalized spacial score (nSPS) is 10.5. The maximum absolute atomic E-state index is 13.3. The molecule has 1 heterocycles. The van der Waals surface area contributed by atoms with Crippen molar-refractivity contribution in [2.24, 2.45) is 0 Å². The van der Waals surface area contributed by atoms with Crippen LogP contribution in [0.15, 0.2) is 102 Å². The summed E-state index contributed by atoms with van der Waals surface area (Å²) in [6.07, 6.45) is 1.93. The number of furan rings is 1. The van der Waals surface area contributed by atoms with Gasteiger partial charge in [0, 0.05) is 24.3 Å². The van der Waals surface area contributed by atoms with Gasteiger partial charge in [-0.3, -0.25) is 9.59 Å². The first-order valence-corrected chi connectivity index (χ1v) is 10.8. The second kappa shape index (κ2) is 11.0. The highest BCUT2D eigenvalue weighted by Gasteiger charge is 2.20. The number of amides is 2. The Balaban J connectivity index is 1.41. The molecule has 0 spiro atoms. The van der Waals surface area contributed by atoms with Crippen molar-refractivity contribution < 1.29 is 23.1 Å². The van der Waals surface area contributed by atoms with Gasteiger partial charge < -0.3 is 19.4 Å². The number of ether oxygens (including phenoxy) is 1. The minimum atomic E-state index is -0.470. The highest BCUT2D eigenvalue weighted by atomic mass is 19.1. The van der Waals surface area contributed by atoms with Gasteiger partial charge in [-0.2, -0.15) is 0 Å². The highest BCUT2D eigenvalue weighted by Crippen LogP contribution is 2.25. The number of para-hydroxylation sites is 1. The number of hydrogen-bond acceptors (Lipinski definition) is 4. The molecule has 1 aromatic heterocycles. The zero-order valence-electron chi connectivity index (χ0n) is 18.3. The van der Waals surface area contributed by atoms with Gasteiger partial charge in [0.25, 0.3) is 11.8 Å². The molecule has 6 nitrogen and oxygen atoms in total. The highest BCUT2D eigenvalue weighted by molar-refractivity contribution is 6.04. The van der Waals surface area contributed by atoms with Crippen molar-refractivity contribution in [2.75, 3.05) is 18.0 Å². The van der Waals surface area contributed by atoms with E-state index < -0.39 is 5.82 Å². The van der Waals surface area contributed by atoms with E-state index in [-0.39, 0.29) is 23.1 Å². The van der Waals surface area contributed by atoms with Crippen LogP contribution in [0.25, 0.3) is 0 Å². The molecule has 0 aliphatic carbocycles. The number of hydrogen-bond donors (Lipinski definition) is 1. The maximum atomic E-state index is 13.3. The molecular weight excluding hydrogens is 435 g/mol. The van der Waals surface area contributed by atoms with E-state index >= 15 is 0 Å². The second-order valence-electron chi connectivity index (χ2n) is 7.46. The molecule has 0 aliphatic rings. The van der Waals surface area contributed by atoms with E-state index in [9.17, 15) is 14.0 Å². The lowest BCUT2D eigenvalue weighted by Gasteiger charge is -2.22. The van der Waals surface area contributed by atoms with Crippen LogP contribution < -0.4 is 15.0 Å². The Labute approximate surface area is 196 Å². The summed E-state index contributed by atoms with van der Waals surface area (Å²) in [5, 5.41) is 2.76. The number of rotatable bonds is 9. The first kappa shape index (κ1) is 22.8. The molecule has 0 atom stereocenters. The van der Waals surface area contributed by atoms with Gasteiger partial charge in [0.15, 0.2) is 5.76 Å². The van der Waals surface area contributed by atoms with Crippen molar-refractivity contribution in [1.29, 1.82) is 0 Å². The zero-order chi connectivity index (χ0) is 23.8. The number of nitrogens with zero attached hydrogens (tertiary/aromatic N) is 1. The average molecular weight is 458 g/mol.